The fourth-order valence-electron chi connectivity index (χ4n) is 4.24. The Bertz CT molecular complexity index is 1410. The molecule has 0 aromatic heterocycles. The summed E-state index contributed by atoms with van der Waals surface area (Å²) in [6.45, 7) is 3.14. The molecule has 0 bridgehead atoms. The van der Waals surface area contributed by atoms with Gasteiger partial charge in [-0.15, -0.1) is 13.2 Å². The van der Waals surface area contributed by atoms with Gasteiger partial charge in [0.15, 0.2) is 11.6 Å². The summed E-state index contributed by atoms with van der Waals surface area (Å²) in [6, 6.07) is 32.1. The monoisotopic (exact) mass is 580 g/mol. The smallest absolute Gasteiger partial charge is 0.872 e. The van der Waals surface area contributed by atoms with Crippen LogP contribution in [0.4, 0.5) is 0 Å². The molecule has 0 aliphatic heterocycles. The normalized spacial score (nSPS) is 12.5. The Morgan fingerprint density at radius 3 is 0.976 bits per heavy atom. The summed E-state index contributed by atoms with van der Waals surface area (Å²) in [5, 5.41) is 42.2. The van der Waals surface area contributed by atoms with Gasteiger partial charge in [-0.3, -0.25) is 9.59 Å². The number of carbonyl (C=O) groups is 2. The molecule has 2 aliphatic rings. The fraction of sp³-hybridized carbons (Fsp3) is 0.118. The topological polar surface area (TPSA) is 126 Å². The van der Waals surface area contributed by atoms with Crippen LogP contribution in [0.5, 0.6) is 0 Å². The van der Waals surface area contributed by atoms with E-state index in [2.05, 4.69) is 0 Å². The van der Waals surface area contributed by atoms with E-state index >= 15 is 0 Å². The molecular weight excluding hydrogens is 552 g/mol. The molecule has 204 valence electrons. The molecule has 41 heavy (non-hydrogen) atoms. The molecule has 0 atom stereocenters. The van der Waals surface area contributed by atoms with Gasteiger partial charge in [-0.1, -0.05) is 135 Å². The maximum absolute atomic E-state index is 12.1. The van der Waals surface area contributed by atoms with Crippen molar-refractivity contribution in [1.82, 2.24) is 0 Å². The van der Waals surface area contributed by atoms with E-state index in [0.29, 0.717) is 33.4 Å². The minimum atomic E-state index is -0.170. The third-order valence-corrected chi connectivity index (χ3v) is 5.87. The molecule has 2 aliphatic carbocycles. The Balaban J connectivity index is 0.000000236. The molecule has 7 heteroatoms. The predicted molar refractivity (Wildman–Crippen MR) is 149 cm³/mol. The average Bonchev–Trinajstić information content (AvgIpc) is 3.39. The molecule has 0 radical (unpaired) electrons. The van der Waals surface area contributed by atoms with Crippen molar-refractivity contribution in [3.8, 4) is 0 Å². The van der Waals surface area contributed by atoms with E-state index in [4.69, 9.17) is 10.2 Å². The number of carbonyl (C=O) groups excluding carboxylic acids is 2. The zero-order chi connectivity index (χ0) is 29.1. The predicted octanol–water partition coefficient (Wildman–Crippen LogP) is 2.95. The Kier molecular flexibility index (Phi) is 13.1. The van der Waals surface area contributed by atoms with Gasteiger partial charge in [-0.05, 0) is 22.3 Å². The molecule has 0 saturated heterocycles. The summed E-state index contributed by atoms with van der Waals surface area (Å²) in [4.78, 5) is 24.3. The van der Waals surface area contributed by atoms with E-state index in [1.807, 2.05) is 36.4 Å². The third kappa shape index (κ3) is 7.57. The van der Waals surface area contributed by atoms with Crippen molar-refractivity contribution in [2.24, 2.45) is 0 Å². The van der Waals surface area contributed by atoms with Crippen LogP contribution in [-0.4, -0.2) is 24.8 Å². The van der Waals surface area contributed by atoms with E-state index in [0.717, 1.165) is 0 Å². The van der Waals surface area contributed by atoms with Crippen LogP contribution in [0.15, 0.2) is 109 Å². The Hall–Kier alpha value is -4.07. The molecule has 0 spiro atoms. The molecule has 0 saturated carbocycles. The van der Waals surface area contributed by atoms with Gasteiger partial charge in [0.05, 0.1) is 0 Å². The molecular formula is C34H28O6Ti. The first-order chi connectivity index (χ1) is 19.4. The quantitative estimate of drug-likeness (QED) is 0.336. The number of rotatable bonds is 2. The summed E-state index contributed by atoms with van der Waals surface area (Å²) < 4.78 is 0. The Morgan fingerprint density at radius 2 is 0.707 bits per heavy atom. The van der Waals surface area contributed by atoms with Crippen LogP contribution in [0.25, 0.3) is 22.7 Å². The van der Waals surface area contributed by atoms with Crippen molar-refractivity contribution >= 4 is 34.2 Å². The van der Waals surface area contributed by atoms with Crippen molar-refractivity contribution in [1.29, 1.82) is 0 Å². The van der Waals surface area contributed by atoms with E-state index in [1.54, 1.807) is 86.6 Å². The zero-order valence-electron chi connectivity index (χ0n) is 22.8. The van der Waals surface area contributed by atoms with E-state index in [1.165, 1.54) is 0 Å². The van der Waals surface area contributed by atoms with Gasteiger partial charge < -0.3 is 20.4 Å². The van der Waals surface area contributed by atoms with Crippen molar-refractivity contribution < 1.29 is 51.7 Å². The molecule has 6 rings (SSSR count). The molecule has 0 unspecified atom stereocenters. The fourth-order valence-corrected chi connectivity index (χ4v) is 4.24. The first-order valence-corrected chi connectivity index (χ1v) is 12.8. The van der Waals surface area contributed by atoms with Gasteiger partial charge in [0.2, 0.25) is 0 Å². The van der Waals surface area contributed by atoms with Crippen LogP contribution in [0, 0.1) is 0 Å². The van der Waals surface area contributed by atoms with Crippen molar-refractivity contribution in [3.63, 3.8) is 0 Å². The van der Waals surface area contributed by atoms with E-state index in [-0.39, 0.29) is 69.2 Å². The molecule has 0 amide bonds. The van der Waals surface area contributed by atoms with Gasteiger partial charge >= 0.3 is 21.7 Å². The third-order valence-electron chi connectivity index (χ3n) is 5.87. The van der Waals surface area contributed by atoms with Gasteiger partial charge in [-0.25, -0.2) is 0 Å². The maximum atomic E-state index is 12.1. The van der Waals surface area contributed by atoms with Crippen LogP contribution in [0.1, 0.15) is 56.8 Å². The molecule has 0 N–H and O–H groups in total. The largest absolute Gasteiger partial charge is 4.00 e. The summed E-state index contributed by atoms with van der Waals surface area (Å²) in [6.07, 6.45) is 0. The number of hydrogen-bond donors (Lipinski definition) is 0. The second kappa shape index (κ2) is 16.3. The first kappa shape index (κ1) is 33.1. The number of allylic oxidation sites excluding steroid dienone is 2. The standard InChI is InChI=1S/2C15H10O2.2C2H5O.Ti/c2*16-14-11-8-4-5-9-12(11)15(17)13(14)10-6-2-1-3-7-10;2*1-2-3;/h2*1-9,16H;2*2H2,1H3;/q;;2*-1;+4/p-2. The number of ketones is 2. The average molecular weight is 580 g/mol. The van der Waals surface area contributed by atoms with Crippen LogP contribution in [-0.2, 0) is 21.7 Å². The van der Waals surface area contributed by atoms with Crippen LogP contribution < -0.4 is 20.4 Å². The van der Waals surface area contributed by atoms with Gasteiger partial charge in [0, 0.05) is 22.3 Å². The van der Waals surface area contributed by atoms with Crippen LogP contribution >= 0.6 is 0 Å². The number of Topliss-reactive ketones (excluding diaryl/α,β-unsaturated/α-hetero) is 2. The van der Waals surface area contributed by atoms with Gasteiger partial charge in [-0.2, -0.15) is 0 Å². The molecule has 4 aromatic carbocycles. The SMILES string of the molecule is CC[O-].CC[O-].O=C1C(c2ccccc2)=C([O-])c2ccccc21.O=C1C(c2ccccc2)=C([O-])c2ccccc21.[Ti+4]. The summed E-state index contributed by atoms with van der Waals surface area (Å²) in [7, 11) is 0. The molecule has 4 aromatic rings. The number of benzene rings is 4. The summed E-state index contributed by atoms with van der Waals surface area (Å²) >= 11 is 0. The van der Waals surface area contributed by atoms with Crippen molar-refractivity contribution in [2.75, 3.05) is 13.2 Å². The molecule has 0 heterocycles. The second-order valence-corrected chi connectivity index (χ2v) is 8.47. The molecule has 6 nitrogen and oxygen atoms in total. The van der Waals surface area contributed by atoms with Gasteiger partial charge in [0.25, 0.3) is 0 Å². The van der Waals surface area contributed by atoms with Crippen LogP contribution in [0.2, 0.25) is 0 Å². The summed E-state index contributed by atoms with van der Waals surface area (Å²) in [5.41, 5.74) is 4.00. The zero-order valence-corrected chi connectivity index (χ0v) is 24.3. The van der Waals surface area contributed by atoms with E-state index < -0.39 is 0 Å². The number of fused-ring (bicyclic) bond motifs is 2. The summed E-state index contributed by atoms with van der Waals surface area (Å²) in [5.74, 6) is -0.679. The minimum Gasteiger partial charge on any atom is -0.872 e. The maximum Gasteiger partial charge on any atom is 4.00 e. The number of hydrogen-bond acceptors (Lipinski definition) is 6. The van der Waals surface area contributed by atoms with Crippen LogP contribution in [0.3, 0.4) is 0 Å². The van der Waals surface area contributed by atoms with Gasteiger partial charge in [0.1, 0.15) is 0 Å². The van der Waals surface area contributed by atoms with Crippen molar-refractivity contribution in [3.05, 3.63) is 143 Å². The second-order valence-electron chi connectivity index (χ2n) is 8.47. The van der Waals surface area contributed by atoms with Crippen molar-refractivity contribution in [2.45, 2.75) is 13.8 Å². The van der Waals surface area contributed by atoms with E-state index in [9.17, 15) is 19.8 Å². The molecule has 0 fully saturated rings. The Morgan fingerprint density at radius 1 is 0.463 bits per heavy atom. The first-order valence-electron chi connectivity index (χ1n) is 12.8. The Labute approximate surface area is 254 Å². The minimum absolute atomic E-state index is 0.